The molecule has 0 amide bonds. The zero-order valence-electron chi connectivity index (χ0n) is 20.0. The summed E-state index contributed by atoms with van der Waals surface area (Å²) in [7, 11) is 0. The highest BCUT2D eigenvalue weighted by Crippen LogP contribution is 2.38. The van der Waals surface area contributed by atoms with Gasteiger partial charge in [-0.2, -0.15) is 10.5 Å². The van der Waals surface area contributed by atoms with Gasteiger partial charge in [0, 0.05) is 17.1 Å². The van der Waals surface area contributed by atoms with E-state index in [1.165, 1.54) is 12.2 Å². The monoisotopic (exact) mass is 477 g/mol. The smallest absolute Gasteiger partial charge is 0.346 e. The first-order chi connectivity index (χ1) is 17.1. The Balaban J connectivity index is 2.12. The molecule has 0 saturated heterocycles. The van der Waals surface area contributed by atoms with Crippen LogP contribution in [0.1, 0.15) is 27.8 Å². The van der Waals surface area contributed by atoms with Crippen molar-refractivity contribution in [3.05, 3.63) is 99.6 Å². The van der Waals surface area contributed by atoms with Gasteiger partial charge in [0.2, 0.25) is 0 Å². The summed E-state index contributed by atoms with van der Waals surface area (Å²) in [6, 6.07) is 21.8. The summed E-state index contributed by atoms with van der Waals surface area (Å²) in [5.74, 6) is -2.57. The van der Waals surface area contributed by atoms with Crippen LogP contribution in [-0.2, 0) is 9.59 Å². The number of aryl methyl sites for hydroxylation is 3. The highest BCUT2D eigenvalue weighted by Gasteiger charge is 2.16. The molecule has 178 valence electrons. The lowest BCUT2D eigenvalue weighted by Gasteiger charge is -2.28. The van der Waals surface area contributed by atoms with Crippen molar-refractivity contribution in [2.75, 3.05) is 4.90 Å². The molecule has 2 N–H and O–H groups in total. The van der Waals surface area contributed by atoms with Crippen LogP contribution in [0.3, 0.4) is 0 Å². The molecule has 3 aromatic rings. The quantitative estimate of drug-likeness (QED) is 0.313. The van der Waals surface area contributed by atoms with E-state index in [4.69, 9.17) is 20.7 Å². The van der Waals surface area contributed by atoms with Crippen molar-refractivity contribution in [1.29, 1.82) is 10.5 Å². The first kappa shape index (κ1) is 25.5. The third-order valence-corrected chi connectivity index (χ3v) is 5.68. The molecule has 0 radical (unpaired) electrons. The van der Waals surface area contributed by atoms with Gasteiger partial charge in [-0.25, -0.2) is 9.59 Å². The number of carboxylic acid groups (broad SMARTS) is 2. The first-order valence-electron chi connectivity index (χ1n) is 10.9. The number of hydrogen-bond donors (Lipinski definition) is 2. The minimum Gasteiger partial charge on any atom is -0.477 e. The van der Waals surface area contributed by atoms with Gasteiger partial charge in [-0.15, -0.1) is 0 Å². The standard InChI is InChI=1S/C29H23N3O4/c1-18-12-20(3)27(13-19(18)2)32(25-8-4-21(5-9-25)14-23(16-30)28(33)34)26-10-6-22(7-11-26)15-24(17-31)29(35)36/h4-15H,1-3H3,(H,33,34)(H,35,36). The Hall–Kier alpha value is -5.14. The fraction of sp³-hybridized carbons (Fsp3) is 0.103. The second kappa shape index (κ2) is 10.9. The van der Waals surface area contributed by atoms with E-state index in [0.717, 1.165) is 33.8 Å². The van der Waals surface area contributed by atoms with E-state index in [0.29, 0.717) is 11.1 Å². The fourth-order valence-corrected chi connectivity index (χ4v) is 3.67. The van der Waals surface area contributed by atoms with Gasteiger partial charge in [0.05, 0.1) is 0 Å². The lowest BCUT2D eigenvalue weighted by molar-refractivity contribution is -0.133. The van der Waals surface area contributed by atoms with Crippen LogP contribution in [0.15, 0.2) is 71.8 Å². The number of rotatable bonds is 7. The molecule has 0 saturated carbocycles. The number of nitrogens with zero attached hydrogens (tertiary/aromatic N) is 3. The summed E-state index contributed by atoms with van der Waals surface area (Å²) in [6.45, 7) is 6.09. The molecule has 0 aliphatic carbocycles. The van der Waals surface area contributed by atoms with Gasteiger partial charge < -0.3 is 15.1 Å². The van der Waals surface area contributed by atoms with E-state index in [9.17, 15) is 9.59 Å². The van der Waals surface area contributed by atoms with Gasteiger partial charge in [0.15, 0.2) is 0 Å². The number of hydrogen-bond acceptors (Lipinski definition) is 5. The van der Waals surface area contributed by atoms with Gasteiger partial charge in [-0.05, 0) is 91.1 Å². The molecule has 3 rings (SSSR count). The first-order valence-corrected chi connectivity index (χ1v) is 10.9. The van der Waals surface area contributed by atoms with Crippen molar-refractivity contribution < 1.29 is 19.8 Å². The van der Waals surface area contributed by atoms with Crippen LogP contribution in [0.4, 0.5) is 17.1 Å². The molecule has 0 bridgehead atoms. The van der Waals surface area contributed by atoms with Gasteiger partial charge in [0.25, 0.3) is 0 Å². The predicted octanol–water partition coefficient (Wildman–Crippen LogP) is 6.06. The van der Waals surface area contributed by atoms with Gasteiger partial charge in [-0.3, -0.25) is 0 Å². The van der Waals surface area contributed by atoms with Crippen LogP contribution in [0.5, 0.6) is 0 Å². The molecule has 0 aliphatic rings. The number of carbonyl (C=O) groups is 2. The molecule has 3 aromatic carbocycles. The zero-order chi connectivity index (χ0) is 26.4. The topological polar surface area (TPSA) is 125 Å². The minimum atomic E-state index is -1.29. The van der Waals surface area contributed by atoms with Gasteiger partial charge in [0.1, 0.15) is 23.3 Å². The molecule has 0 atom stereocenters. The molecule has 0 unspecified atom stereocenters. The molecule has 0 heterocycles. The summed E-state index contributed by atoms with van der Waals surface area (Å²) in [5.41, 5.74) is 6.31. The Morgan fingerprint density at radius 2 is 1.08 bits per heavy atom. The van der Waals surface area contributed by atoms with Crippen LogP contribution in [-0.4, -0.2) is 22.2 Å². The fourth-order valence-electron chi connectivity index (χ4n) is 3.67. The van der Waals surface area contributed by atoms with Crippen LogP contribution < -0.4 is 4.90 Å². The van der Waals surface area contributed by atoms with Crippen molar-refractivity contribution in [2.24, 2.45) is 0 Å². The van der Waals surface area contributed by atoms with Crippen molar-refractivity contribution in [3.8, 4) is 12.1 Å². The van der Waals surface area contributed by atoms with Crippen molar-refractivity contribution in [3.63, 3.8) is 0 Å². The van der Waals surface area contributed by atoms with E-state index < -0.39 is 11.9 Å². The maximum atomic E-state index is 11.2. The Bertz CT molecular complexity index is 1380. The average molecular weight is 478 g/mol. The normalized spacial score (nSPS) is 11.4. The molecule has 0 fully saturated rings. The van der Waals surface area contributed by atoms with Gasteiger partial charge >= 0.3 is 11.9 Å². The largest absolute Gasteiger partial charge is 0.477 e. The summed E-state index contributed by atoms with van der Waals surface area (Å²) < 4.78 is 0. The van der Waals surface area contributed by atoms with Crippen molar-refractivity contribution >= 4 is 41.2 Å². The molecule has 0 aromatic heterocycles. The Morgan fingerprint density at radius 1 is 0.694 bits per heavy atom. The van der Waals surface area contributed by atoms with E-state index >= 15 is 0 Å². The SMILES string of the molecule is Cc1cc(C)c(N(c2ccc(C=C(C#N)C(=O)O)cc2)c2ccc(C=C(C#N)C(=O)O)cc2)cc1C. The van der Waals surface area contributed by atoms with Crippen LogP contribution >= 0.6 is 0 Å². The van der Waals surface area contributed by atoms with Gasteiger partial charge in [-0.1, -0.05) is 30.3 Å². The molecule has 7 nitrogen and oxygen atoms in total. The van der Waals surface area contributed by atoms with E-state index in [1.807, 2.05) is 49.9 Å². The Labute approximate surface area is 209 Å². The third-order valence-electron chi connectivity index (χ3n) is 5.68. The lowest BCUT2D eigenvalue weighted by Crippen LogP contribution is -2.12. The van der Waals surface area contributed by atoms with Crippen LogP contribution in [0, 0.1) is 43.4 Å². The highest BCUT2D eigenvalue weighted by atomic mass is 16.4. The third kappa shape index (κ3) is 5.67. The summed E-state index contributed by atoms with van der Waals surface area (Å²) in [6.07, 6.45) is 2.63. The lowest BCUT2D eigenvalue weighted by atomic mass is 10.0. The molecule has 7 heteroatoms. The van der Waals surface area contributed by atoms with Crippen molar-refractivity contribution in [1.82, 2.24) is 0 Å². The number of nitriles is 2. The van der Waals surface area contributed by atoms with Crippen LogP contribution in [0.2, 0.25) is 0 Å². The summed E-state index contributed by atoms with van der Waals surface area (Å²) in [4.78, 5) is 24.4. The van der Waals surface area contributed by atoms with Crippen LogP contribution in [0.25, 0.3) is 12.2 Å². The number of benzene rings is 3. The zero-order valence-corrected chi connectivity index (χ0v) is 20.0. The highest BCUT2D eigenvalue weighted by molar-refractivity contribution is 5.97. The van der Waals surface area contributed by atoms with E-state index in [2.05, 4.69) is 12.1 Å². The molecule has 0 spiro atoms. The molecule has 36 heavy (non-hydrogen) atoms. The summed E-state index contributed by atoms with van der Waals surface area (Å²) in [5, 5.41) is 36.3. The predicted molar refractivity (Wildman–Crippen MR) is 138 cm³/mol. The van der Waals surface area contributed by atoms with E-state index in [1.54, 1.807) is 36.4 Å². The molecular formula is C29H23N3O4. The maximum absolute atomic E-state index is 11.2. The summed E-state index contributed by atoms with van der Waals surface area (Å²) >= 11 is 0. The van der Waals surface area contributed by atoms with E-state index in [-0.39, 0.29) is 11.1 Å². The molecular weight excluding hydrogens is 454 g/mol. The number of carboxylic acids is 2. The second-order valence-corrected chi connectivity index (χ2v) is 8.19. The second-order valence-electron chi connectivity index (χ2n) is 8.19. The Morgan fingerprint density at radius 3 is 1.44 bits per heavy atom. The minimum absolute atomic E-state index is 0.355. The number of aliphatic carboxylic acids is 2. The number of anilines is 3. The Kier molecular flexibility index (Phi) is 7.69. The maximum Gasteiger partial charge on any atom is 0.346 e. The molecule has 0 aliphatic heterocycles. The average Bonchev–Trinajstić information content (AvgIpc) is 2.85. The van der Waals surface area contributed by atoms with Crippen molar-refractivity contribution in [2.45, 2.75) is 20.8 Å².